The maximum atomic E-state index is 12.8. The van der Waals surface area contributed by atoms with E-state index in [-0.39, 0.29) is 42.2 Å². The molecule has 3 aromatic carbocycles. The molecule has 0 aromatic heterocycles. The van der Waals surface area contributed by atoms with Gasteiger partial charge in [0.1, 0.15) is 23.3 Å². The van der Waals surface area contributed by atoms with E-state index < -0.39 is 17.8 Å². The summed E-state index contributed by atoms with van der Waals surface area (Å²) in [5.41, 5.74) is 1.41. The Balaban J connectivity index is 1.80. The Bertz CT molecular complexity index is 1100. The van der Waals surface area contributed by atoms with E-state index in [2.05, 4.69) is 5.32 Å². The molecule has 0 saturated carbocycles. The van der Waals surface area contributed by atoms with Gasteiger partial charge in [0.15, 0.2) is 6.61 Å². The number of phenolic OH excluding ortho intramolecular Hbond substituents is 2. The number of aliphatic carboxylic acids is 1. The van der Waals surface area contributed by atoms with Gasteiger partial charge in [0.25, 0.3) is 0 Å². The number of para-hydroxylation sites is 1. The summed E-state index contributed by atoms with van der Waals surface area (Å²) < 4.78 is 5.50. The van der Waals surface area contributed by atoms with Crippen molar-refractivity contribution in [1.29, 1.82) is 0 Å². The molecule has 0 aliphatic carbocycles. The van der Waals surface area contributed by atoms with Crippen LogP contribution in [0.3, 0.4) is 0 Å². The summed E-state index contributed by atoms with van der Waals surface area (Å²) in [6.07, 6.45) is 0.646. The van der Waals surface area contributed by atoms with Crippen molar-refractivity contribution in [3.05, 3.63) is 89.0 Å². The van der Waals surface area contributed by atoms with Crippen LogP contribution in [0, 0.1) is 0 Å². The Morgan fingerprint density at radius 3 is 2.21 bits per heavy atom. The zero-order valence-corrected chi connectivity index (χ0v) is 18.3. The standard InChI is InChI=1S/C26H27NO6/c1-2-18-14-20(23(28)16-33-19-11-7-4-8-12-19)25(30)21(24(18)29)15-27-22(26(31)32)13-17-9-5-3-6-10-17/h3-12,14,22,27,29-30H,2,13,15-16H2,1H3,(H,31,32). The highest BCUT2D eigenvalue weighted by molar-refractivity contribution is 6.00. The number of benzene rings is 3. The monoisotopic (exact) mass is 449 g/mol. The zero-order chi connectivity index (χ0) is 23.8. The van der Waals surface area contributed by atoms with Crippen LogP contribution in [0.1, 0.15) is 34.0 Å². The number of hydrogen-bond donors (Lipinski definition) is 4. The summed E-state index contributed by atoms with van der Waals surface area (Å²) in [6.45, 7) is 1.40. The number of aromatic hydroxyl groups is 2. The molecule has 0 fully saturated rings. The number of aryl methyl sites for hydroxylation is 1. The number of carboxylic acids is 1. The molecule has 3 aromatic rings. The van der Waals surface area contributed by atoms with Crippen molar-refractivity contribution in [3.63, 3.8) is 0 Å². The third-order valence-corrected chi connectivity index (χ3v) is 5.35. The molecule has 0 aliphatic rings. The minimum Gasteiger partial charge on any atom is -0.507 e. The first kappa shape index (κ1) is 23.8. The third kappa shape index (κ3) is 6.11. The van der Waals surface area contributed by atoms with Crippen LogP contribution in [0.25, 0.3) is 0 Å². The van der Waals surface area contributed by atoms with Crippen molar-refractivity contribution in [2.45, 2.75) is 32.4 Å². The number of rotatable bonds is 11. The molecular formula is C26H27NO6. The normalized spacial score (nSPS) is 11.7. The number of carboxylic acid groups (broad SMARTS) is 1. The number of carbonyl (C=O) groups excluding carboxylic acids is 1. The average molecular weight is 450 g/mol. The van der Waals surface area contributed by atoms with Gasteiger partial charge >= 0.3 is 5.97 Å². The van der Waals surface area contributed by atoms with E-state index >= 15 is 0 Å². The van der Waals surface area contributed by atoms with Crippen LogP contribution in [0.15, 0.2) is 66.7 Å². The molecule has 172 valence electrons. The molecule has 1 unspecified atom stereocenters. The van der Waals surface area contributed by atoms with Gasteiger partial charge < -0.3 is 20.1 Å². The Labute approximate surface area is 192 Å². The zero-order valence-electron chi connectivity index (χ0n) is 18.3. The minimum atomic E-state index is -1.06. The van der Waals surface area contributed by atoms with E-state index in [9.17, 15) is 24.9 Å². The van der Waals surface area contributed by atoms with Gasteiger partial charge in [-0.05, 0) is 42.2 Å². The predicted molar refractivity (Wildman–Crippen MR) is 124 cm³/mol. The highest BCUT2D eigenvalue weighted by atomic mass is 16.5. The first-order chi connectivity index (χ1) is 15.9. The van der Waals surface area contributed by atoms with Gasteiger partial charge in [0, 0.05) is 6.54 Å². The lowest BCUT2D eigenvalue weighted by Gasteiger charge is -2.18. The molecular weight excluding hydrogens is 422 g/mol. The molecule has 0 aliphatic heterocycles. The van der Waals surface area contributed by atoms with Gasteiger partial charge in [-0.1, -0.05) is 55.5 Å². The summed E-state index contributed by atoms with van der Waals surface area (Å²) in [7, 11) is 0. The second-order valence-electron chi connectivity index (χ2n) is 7.60. The lowest BCUT2D eigenvalue weighted by Crippen LogP contribution is -2.38. The number of hydrogen-bond acceptors (Lipinski definition) is 6. The Morgan fingerprint density at radius 2 is 1.61 bits per heavy atom. The van der Waals surface area contributed by atoms with Crippen LogP contribution in [-0.4, -0.2) is 39.7 Å². The highest BCUT2D eigenvalue weighted by Crippen LogP contribution is 2.35. The summed E-state index contributed by atoms with van der Waals surface area (Å²) in [6, 6.07) is 18.5. The Kier molecular flexibility index (Phi) is 8.05. The minimum absolute atomic E-state index is 0.0207. The number of phenols is 2. The SMILES string of the molecule is CCc1cc(C(=O)COc2ccccc2)c(O)c(CNC(Cc2ccccc2)C(=O)O)c1O. The maximum Gasteiger partial charge on any atom is 0.321 e. The fourth-order valence-electron chi connectivity index (χ4n) is 3.49. The Morgan fingerprint density at radius 1 is 0.970 bits per heavy atom. The third-order valence-electron chi connectivity index (χ3n) is 5.35. The van der Waals surface area contributed by atoms with Crippen molar-refractivity contribution >= 4 is 11.8 Å². The van der Waals surface area contributed by atoms with E-state index in [0.717, 1.165) is 5.56 Å². The smallest absolute Gasteiger partial charge is 0.321 e. The van der Waals surface area contributed by atoms with Gasteiger partial charge in [-0.3, -0.25) is 14.9 Å². The molecule has 0 radical (unpaired) electrons. The number of ketones is 1. The van der Waals surface area contributed by atoms with Crippen LogP contribution >= 0.6 is 0 Å². The summed E-state index contributed by atoms with van der Waals surface area (Å²) >= 11 is 0. The molecule has 1 atom stereocenters. The van der Waals surface area contributed by atoms with Gasteiger partial charge in [-0.15, -0.1) is 0 Å². The van der Waals surface area contributed by atoms with Gasteiger partial charge in [-0.2, -0.15) is 0 Å². The number of nitrogens with one attached hydrogen (secondary N) is 1. The fourth-order valence-corrected chi connectivity index (χ4v) is 3.49. The molecule has 7 heteroatoms. The number of ether oxygens (including phenoxy) is 1. The summed E-state index contributed by atoms with van der Waals surface area (Å²) in [4.78, 5) is 24.5. The van der Waals surface area contributed by atoms with E-state index in [1.165, 1.54) is 6.07 Å². The lowest BCUT2D eigenvalue weighted by molar-refractivity contribution is -0.139. The molecule has 0 bridgehead atoms. The molecule has 0 spiro atoms. The van der Waals surface area contributed by atoms with Crippen molar-refractivity contribution in [3.8, 4) is 17.2 Å². The second kappa shape index (κ2) is 11.2. The summed E-state index contributed by atoms with van der Waals surface area (Å²) in [5.74, 6) is -1.54. The van der Waals surface area contributed by atoms with E-state index in [4.69, 9.17) is 4.74 Å². The van der Waals surface area contributed by atoms with Gasteiger partial charge in [0.2, 0.25) is 5.78 Å². The van der Waals surface area contributed by atoms with Crippen LogP contribution < -0.4 is 10.1 Å². The average Bonchev–Trinajstić information content (AvgIpc) is 2.83. The van der Waals surface area contributed by atoms with Crippen LogP contribution in [-0.2, 0) is 24.2 Å². The number of Topliss-reactive ketones (excluding diaryl/α,β-unsaturated/α-hetero) is 1. The maximum absolute atomic E-state index is 12.8. The molecule has 4 N–H and O–H groups in total. The van der Waals surface area contributed by atoms with Crippen LogP contribution in [0.4, 0.5) is 0 Å². The van der Waals surface area contributed by atoms with Crippen molar-refractivity contribution < 1.29 is 29.6 Å². The summed E-state index contributed by atoms with van der Waals surface area (Å²) in [5, 5.41) is 33.9. The number of carbonyl (C=O) groups is 2. The molecule has 0 amide bonds. The quantitative estimate of drug-likeness (QED) is 0.330. The van der Waals surface area contributed by atoms with Crippen molar-refractivity contribution in [2.75, 3.05) is 6.61 Å². The Hall–Kier alpha value is -3.84. The predicted octanol–water partition coefficient (Wildman–Crippen LogP) is 3.71. The van der Waals surface area contributed by atoms with Gasteiger partial charge in [-0.25, -0.2) is 0 Å². The first-order valence-corrected chi connectivity index (χ1v) is 10.7. The van der Waals surface area contributed by atoms with Gasteiger partial charge in [0.05, 0.1) is 11.1 Å². The molecule has 3 rings (SSSR count). The molecule has 0 saturated heterocycles. The first-order valence-electron chi connectivity index (χ1n) is 10.7. The van der Waals surface area contributed by atoms with E-state index in [0.29, 0.717) is 17.7 Å². The lowest BCUT2D eigenvalue weighted by atomic mass is 9.97. The highest BCUT2D eigenvalue weighted by Gasteiger charge is 2.24. The van der Waals surface area contributed by atoms with Crippen molar-refractivity contribution in [1.82, 2.24) is 5.32 Å². The largest absolute Gasteiger partial charge is 0.507 e. The second-order valence-corrected chi connectivity index (χ2v) is 7.60. The van der Waals surface area contributed by atoms with Crippen molar-refractivity contribution in [2.24, 2.45) is 0 Å². The molecule has 0 heterocycles. The topological polar surface area (TPSA) is 116 Å². The molecule has 7 nitrogen and oxygen atoms in total. The van der Waals surface area contributed by atoms with Crippen LogP contribution in [0.5, 0.6) is 17.2 Å². The van der Waals surface area contributed by atoms with E-state index in [1.807, 2.05) is 43.3 Å². The molecule has 33 heavy (non-hydrogen) atoms. The van der Waals surface area contributed by atoms with Crippen LogP contribution in [0.2, 0.25) is 0 Å². The van der Waals surface area contributed by atoms with E-state index in [1.54, 1.807) is 24.3 Å². The fraction of sp³-hybridized carbons (Fsp3) is 0.231.